The van der Waals surface area contributed by atoms with Crippen LogP contribution in [-0.4, -0.2) is 22.9 Å². The fourth-order valence-corrected chi connectivity index (χ4v) is 1.88. The molecule has 0 radical (unpaired) electrons. The van der Waals surface area contributed by atoms with E-state index in [-0.39, 0.29) is 0 Å². The average Bonchev–Trinajstić information content (AvgIpc) is 2.20. The quantitative estimate of drug-likeness (QED) is 0.545. The Kier molecular flexibility index (Phi) is 4.38. The maximum absolute atomic E-state index is 11.2. The van der Waals surface area contributed by atoms with Crippen LogP contribution in [-0.2, 0) is 10.5 Å². The van der Waals surface area contributed by atoms with Crippen molar-refractivity contribution < 1.29 is 14.6 Å². The van der Waals surface area contributed by atoms with Gasteiger partial charge in [-0.05, 0) is 6.07 Å². The molecule has 1 aromatic rings. The summed E-state index contributed by atoms with van der Waals surface area (Å²) in [4.78, 5) is 10.4. The van der Waals surface area contributed by atoms with Gasteiger partial charge in [0.15, 0.2) is 6.20 Å². The Hall–Kier alpha value is -1.27. The summed E-state index contributed by atoms with van der Waals surface area (Å²) in [5.74, 6) is -0.263. The maximum Gasteiger partial charge on any atom is 0.321 e. The molecule has 1 heterocycles. The topological polar surface area (TPSA) is 90.3 Å². The zero-order valence-corrected chi connectivity index (χ0v) is 8.81. The van der Waals surface area contributed by atoms with Crippen molar-refractivity contribution in [1.82, 2.24) is 0 Å². The van der Waals surface area contributed by atoms with Crippen LogP contribution in [0.25, 0.3) is 0 Å². The van der Waals surface area contributed by atoms with Gasteiger partial charge >= 0.3 is 5.97 Å². The van der Waals surface area contributed by atoms with Crippen LogP contribution in [0.15, 0.2) is 24.4 Å². The van der Waals surface area contributed by atoms with E-state index in [1.54, 1.807) is 18.2 Å². The molecule has 15 heavy (non-hydrogen) atoms. The van der Waals surface area contributed by atoms with Gasteiger partial charge in [0.05, 0.1) is 5.75 Å². The molecule has 0 amide bonds. The molecule has 1 atom stereocenters. The second-order valence-corrected chi connectivity index (χ2v) is 4.01. The molecule has 82 valence electrons. The third-order valence-electron chi connectivity index (χ3n) is 1.77. The number of carboxylic acids is 1. The molecule has 0 unspecified atom stereocenters. The smallest absolute Gasteiger partial charge is 0.321 e. The number of nitrogens with zero attached hydrogens (tertiary/aromatic N) is 1. The lowest BCUT2D eigenvalue weighted by atomic mass is 10.4. The van der Waals surface area contributed by atoms with Crippen molar-refractivity contribution in [3.05, 3.63) is 35.3 Å². The van der Waals surface area contributed by atoms with Gasteiger partial charge in [-0.2, -0.15) is 4.73 Å². The van der Waals surface area contributed by atoms with Crippen LogP contribution in [0.2, 0.25) is 0 Å². The minimum absolute atomic E-state index is 0.296. The first-order chi connectivity index (χ1) is 7.11. The van der Waals surface area contributed by atoms with Gasteiger partial charge in [0.25, 0.3) is 0 Å². The number of carbonyl (C=O) groups is 1. The van der Waals surface area contributed by atoms with Gasteiger partial charge in [0.1, 0.15) is 6.04 Å². The number of aliphatic carboxylic acids is 1. The van der Waals surface area contributed by atoms with E-state index in [0.29, 0.717) is 17.2 Å². The Morgan fingerprint density at radius 2 is 2.40 bits per heavy atom. The number of hydrogen-bond donors (Lipinski definition) is 2. The van der Waals surface area contributed by atoms with Gasteiger partial charge in [-0.25, -0.2) is 0 Å². The first-order valence-electron chi connectivity index (χ1n) is 4.34. The summed E-state index contributed by atoms with van der Waals surface area (Å²) in [5.41, 5.74) is 5.91. The zero-order valence-electron chi connectivity index (χ0n) is 8.00. The Balaban J connectivity index is 2.38. The maximum atomic E-state index is 11.2. The largest absolute Gasteiger partial charge is 0.618 e. The van der Waals surface area contributed by atoms with Crippen molar-refractivity contribution >= 4 is 17.7 Å². The normalized spacial score (nSPS) is 12.3. The SMILES string of the molecule is N[C@@H](CSCc1cccc[n+]1[O-])C(=O)O. The summed E-state index contributed by atoms with van der Waals surface area (Å²) in [6.45, 7) is 0. The second kappa shape index (κ2) is 5.57. The predicted molar refractivity (Wildman–Crippen MR) is 57.2 cm³/mol. The summed E-state index contributed by atoms with van der Waals surface area (Å²) in [7, 11) is 0. The number of carboxylic acid groups (broad SMARTS) is 1. The first-order valence-corrected chi connectivity index (χ1v) is 5.50. The summed E-state index contributed by atoms with van der Waals surface area (Å²) in [6, 6.07) is 4.23. The zero-order chi connectivity index (χ0) is 11.3. The molecule has 6 heteroatoms. The van der Waals surface area contributed by atoms with Crippen LogP contribution in [0.1, 0.15) is 5.69 Å². The Morgan fingerprint density at radius 3 is 3.00 bits per heavy atom. The van der Waals surface area contributed by atoms with Gasteiger partial charge in [-0.15, -0.1) is 11.8 Å². The molecule has 3 N–H and O–H groups in total. The Bertz CT molecular complexity index is 346. The van der Waals surface area contributed by atoms with E-state index in [9.17, 15) is 10.0 Å². The van der Waals surface area contributed by atoms with E-state index in [2.05, 4.69) is 0 Å². The van der Waals surface area contributed by atoms with E-state index in [4.69, 9.17) is 10.8 Å². The fraction of sp³-hybridized carbons (Fsp3) is 0.333. The van der Waals surface area contributed by atoms with Gasteiger partial charge in [-0.1, -0.05) is 0 Å². The third kappa shape index (κ3) is 3.77. The molecule has 0 saturated carbocycles. The summed E-state index contributed by atoms with van der Waals surface area (Å²) >= 11 is 1.33. The Labute approximate surface area is 91.5 Å². The molecule has 5 nitrogen and oxygen atoms in total. The summed E-state index contributed by atoms with van der Waals surface area (Å²) in [6.07, 6.45) is 1.41. The first kappa shape index (κ1) is 11.8. The van der Waals surface area contributed by atoms with Crippen molar-refractivity contribution in [2.24, 2.45) is 5.73 Å². The van der Waals surface area contributed by atoms with Gasteiger partial charge in [0, 0.05) is 17.9 Å². The lowest BCUT2D eigenvalue weighted by Crippen LogP contribution is -2.33. The van der Waals surface area contributed by atoms with E-state index < -0.39 is 12.0 Å². The molecule has 0 fully saturated rings. The van der Waals surface area contributed by atoms with Gasteiger partial charge < -0.3 is 16.0 Å². The predicted octanol–water partition coefficient (Wildman–Crippen LogP) is -0.0349. The van der Waals surface area contributed by atoms with E-state index in [0.717, 1.165) is 4.73 Å². The van der Waals surface area contributed by atoms with Crippen LogP contribution in [0.4, 0.5) is 0 Å². The number of thioether (sulfide) groups is 1. The van der Waals surface area contributed by atoms with Crippen molar-refractivity contribution in [2.75, 3.05) is 5.75 Å². The minimum Gasteiger partial charge on any atom is -0.618 e. The molecular weight excluding hydrogens is 216 g/mol. The summed E-state index contributed by atoms with van der Waals surface area (Å²) in [5, 5.41) is 19.7. The molecule has 0 saturated heterocycles. The highest BCUT2D eigenvalue weighted by atomic mass is 32.2. The lowest BCUT2D eigenvalue weighted by Gasteiger charge is -2.06. The number of aromatic nitrogens is 1. The number of nitrogens with two attached hydrogens (primary N) is 1. The second-order valence-electron chi connectivity index (χ2n) is 2.98. The average molecular weight is 228 g/mol. The number of hydrogen-bond acceptors (Lipinski definition) is 4. The Morgan fingerprint density at radius 1 is 1.67 bits per heavy atom. The molecule has 0 bridgehead atoms. The van der Waals surface area contributed by atoms with Crippen molar-refractivity contribution in [3.8, 4) is 0 Å². The number of rotatable bonds is 5. The highest BCUT2D eigenvalue weighted by Crippen LogP contribution is 2.09. The minimum atomic E-state index is -1.02. The molecular formula is C9H12N2O3S. The molecule has 0 aliphatic carbocycles. The van der Waals surface area contributed by atoms with Crippen molar-refractivity contribution in [1.29, 1.82) is 0 Å². The highest BCUT2D eigenvalue weighted by molar-refractivity contribution is 7.98. The lowest BCUT2D eigenvalue weighted by molar-refractivity contribution is -0.612. The molecule has 0 aliphatic rings. The molecule has 0 spiro atoms. The van der Waals surface area contributed by atoms with Crippen LogP contribution in [0, 0.1) is 5.21 Å². The van der Waals surface area contributed by atoms with Crippen LogP contribution >= 0.6 is 11.8 Å². The fourth-order valence-electron chi connectivity index (χ4n) is 0.937. The van der Waals surface area contributed by atoms with Crippen molar-refractivity contribution in [3.63, 3.8) is 0 Å². The van der Waals surface area contributed by atoms with Crippen LogP contribution < -0.4 is 10.5 Å². The van der Waals surface area contributed by atoms with Crippen LogP contribution in [0.5, 0.6) is 0 Å². The monoisotopic (exact) mass is 228 g/mol. The molecule has 1 aromatic heterocycles. The van der Waals surface area contributed by atoms with Gasteiger partial charge in [-0.3, -0.25) is 4.79 Å². The standard InChI is InChI=1S/C9H12N2O3S/c10-8(9(12)13)6-15-5-7-3-1-2-4-11(7)14/h1-4,8H,5-6,10H2,(H,12,13)/t8-/m0/s1. The molecule has 1 rings (SSSR count). The van der Waals surface area contributed by atoms with E-state index in [1.165, 1.54) is 18.0 Å². The third-order valence-corrected chi connectivity index (χ3v) is 2.86. The molecule has 0 aliphatic heterocycles. The summed E-state index contributed by atoms with van der Waals surface area (Å²) < 4.78 is 0.763. The highest BCUT2D eigenvalue weighted by Gasteiger charge is 2.12. The van der Waals surface area contributed by atoms with Gasteiger partial charge in [0.2, 0.25) is 5.69 Å². The van der Waals surface area contributed by atoms with Crippen molar-refractivity contribution in [2.45, 2.75) is 11.8 Å². The van der Waals surface area contributed by atoms with Crippen LogP contribution in [0.3, 0.4) is 0 Å². The molecule has 0 aromatic carbocycles. The van der Waals surface area contributed by atoms with E-state index >= 15 is 0 Å². The van der Waals surface area contributed by atoms with E-state index in [1.807, 2.05) is 0 Å². The number of pyridine rings is 1.